The van der Waals surface area contributed by atoms with E-state index in [1.54, 1.807) is 0 Å². The molecule has 0 unspecified atom stereocenters. The van der Waals surface area contributed by atoms with E-state index in [0.717, 1.165) is 132 Å². The second-order valence-corrected chi connectivity index (χ2v) is 22.1. The third kappa shape index (κ3) is 7.24. The Morgan fingerprint density at radius 3 is 0.802 bits per heavy atom. The Morgan fingerprint density at radius 1 is 0.244 bits per heavy atom. The fourth-order valence-corrected chi connectivity index (χ4v) is 13.9. The Labute approximate surface area is 495 Å². The highest BCUT2D eigenvalue weighted by Gasteiger charge is 2.35. The third-order valence-corrected chi connectivity index (χ3v) is 17.6. The lowest BCUT2D eigenvalue weighted by Crippen LogP contribution is -2.14. The molecular formula is C80H48N6. The Bertz CT molecular complexity index is 5510. The van der Waals surface area contributed by atoms with Gasteiger partial charge >= 0.3 is 0 Å². The van der Waals surface area contributed by atoms with Crippen LogP contribution in [0.3, 0.4) is 0 Å². The monoisotopic (exact) mass is 1090 g/mol. The van der Waals surface area contributed by atoms with Crippen LogP contribution in [0.15, 0.2) is 291 Å². The molecule has 4 heterocycles. The van der Waals surface area contributed by atoms with Gasteiger partial charge in [-0.15, -0.1) is 0 Å². The van der Waals surface area contributed by atoms with Crippen LogP contribution in [0.25, 0.3) is 159 Å². The second-order valence-electron chi connectivity index (χ2n) is 22.1. The molecule has 0 radical (unpaired) electrons. The fraction of sp³-hybridized carbons (Fsp3) is 0. The van der Waals surface area contributed by atoms with Crippen LogP contribution in [-0.4, -0.2) is 18.3 Å². The lowest BCUT2D eigenvalue weighted by molar-refractivity contribution is 1.03. The van der Waals surface area contributed by atoms with Crippen molar-refractivity contribution in [1.82, 2.24) is 18.3 Å². The van der Waals surface area contributed by atoms with Crippen LogP contribution < -0.4 is 0 Å². The summed E-state index contributed by atoms with van der Waals surface area (Å²) in [7, 11) is 0. The predicted molar refractivity (Wildman–Crippen MR) is 357 cm³/mol. The van der Waals surface area contributed by atoms with Crippen LogP contribution >= 0.6 is 0 Å². The number of hydrogen-bond acceptors (Lipinski definition) is 1. The normalized spacial score (nSPS) is 11.7. The van der Waals surface area contributed by atoms with Crippen molar-refractivity contribution in [3.63, 3.8) is 0 Å². The minimum atomic E-state index is 0.337. The van der Waals surface area contributed by atoms with Crippen molar-refractivity contribution >= 4 is 92.9 Å². The molecule has 6 nitrogen and oxygen atoms in total. The highest BCUT2D eigenvalue weighted by molar-refractivity contribution is 6.18. The average molecular weight is 1090 g/mol. The first-order chi connectivity index (χ1) is 42.6. The van der Waals surface area contributed by atoms with Gasteiger partial charge in [-0.05, 0) is 117 Å². The lowest BCUT2D eigenvalue weighted by Gasteiger charge is -2.27. The maximum atomic E-state index is 12.8. The molecule has 86 heavy (non-hydrogen) atoms. The molecule has 0 amide bonds. The molecule has 0 atom stereocenters. The number of aromatic nitrogens is 4. The summed E-state index contributed by atoms with van der Waals surface area (Å²) in [6, 6.07) is 106. The lowest BCUT2D eigenvalue weighted by atomic mass is 10.0. The molecule has 0 saturated heterocycles. The molecule has 13 aromatic carbocycles. The average Bonchev–Trinajstić information content (AvgIpc) is 1.49. The van der Waals surface area contributed by atoms with Gasteiger partial charge < -0.3 is 18.3 Å². The van der Waals surface area contributed by atoms with E-state index in [9.17, 15) is 11.8 Å². The van der Waals surface area contributed by atoms with E-state index >= 15 is 0 Å². The van der Waals surface area contributed by atoms with Gasteiger partial charge in [-0.25, -0.2) is 4.85 Å². The van der Waals surface area contributed by atoms with Crippen LogP contribution in [-0.2, 0) is 0 Å². The van der Waals surface area contributed by atoms with Crippen molar-refractivity contribution in [3.05, 3.63) is 308 Å². The maximum Gasteiger partial charge on any atom is 0.237 e. The SMILES string of the molecule is [C-]#[N+]c1c(-n2c3ccccc3c3cc(-c4ccccc4)ccc32)c(C#N)c(-n2c3ccccc3c3cc(-c4ccccc4)ccc32)c(-n2c3ccccc3c3cc(-c4ccccc4)ccc32)c1-n1c2ccccc2c2cc(-c3ccccc3)ccc21. The van der Waals surface area contributed by atoms with Gasteiger partial charge in [0.15, 0.2) is 0 Å². The van der Waals surface area contributed by atoms with E-state index in [4.69, 9.17) is 4.85 Å². The zero-order chi connectivity index (χ0) is 57.0. The van der Waals surface area contributed by atoms with Gasteiger partial charge in [-0.3, -0.25) is 0 Å². The fourth-order valence-electron chi connectivity index (χ4n) is 13.9. The van der Waals surface area contributed by atoms with Gasteiger partial charge in [0.1, 0.15) is 6.07 Å². The number of para-hydroxylation sites is 4. The van der Waals surface area contributed by atoms with Crippen molar-refractivity contribution in [2.75, 3.05) is 0 Å². The molecule has 4 aromatic heterocycles. The summed E-state index contributed by atoms with van der Waals surface area (Å²) in [6.07, 6.45) is 0. The van der Waals surface area contributed by atoms with Gasteiger partial charge in [0.2, 0.25) is 5.69 Å². The zero-order valence-corrected chi connectivity index (χ0v) is 46.4. The summed E-state index contributed by atoms with van der Waals surface area (Å²) in [6.45, 7) is 9.98. The van der Waals surface area contributed by atoms with Crippen molar-refractivity contribution in [3.8, 4) is 73.3 Å². The second kappa shape index (κ2) is 19.3. The Kier molecular flexibility index (Phi) is 11.0. The van der Waals surface area contributed by atoms with Crippen LogP contribution in [0.1, 0.15) is 5.56 Å². The Hall–Kier alpha value is -12.0. The maximum absolute atomic E-state index is 12.8. The van der Waals surface area contributed by atoms with E-state index in [1.807, 2.05) is 6.07 Å². The van der Waals surface area contributed by atoms with Gasteiger partial charge in [0, 0.05) is 43.1 Å². The Balaban J connectivity index is 1.12. The van der Waals surface area contributed by atoms with Gasteiger partial charge in [-0.1, -0.05) is 218 Å². The summed E-state index contributed by atoms with van der Waals surface area (Å²) in [5.74, 6) is 0. The molecule has 0 N–H and O–H groups in total. The molecule has 0 aliphatic rings. The number of fused-ring (bicyclic) bond motifs is 12. The van der Waals surface area contributed by atoms with Crippen molar-refractivity contribution in [2.45, 2.75) is 0 Å². The molecule has 0 aliphatic heterocycles. The first kappa shape index (κ1) is 48.7. The minimum absolute atomic E-state index is 0.337. The predicted octanol–water partition coefficient (Wildman–Crippen LogP) is 21.2. The summed E-state index contributed by atoms with van der Waals surface area (Å²) in [5, 5.41) is 21.1. The van der Waals surface area contributed by atoms with Crippen molar-refractivity contribution in [1.29, 1.82) is 5.26 Å². The van der Waals surface area contributed by atoms with Crippen LogP contribution in [0.2, 0.25) is 0 Å². The highest BCUT2D eigenvalue weighted by atomic mass is 15.1. The largest absolute Gasteiger partial charge is 0.318 e. The zero-order valence-electron chi connectivity index (χ0n) is 46.4. The molecule has 0 spiro atoms. The smallest absolute Gasteiger partial charge is 0.237 e. The van der Waals surface area contributed by atoms with E-state index in [0.29, 0.717) is 34.0 Å². The number of benzene rings is 13. The molecular weight excluding hydrogens is 1040 g/mol. The molecule has 0 saturated carbocycles. The first-order valence-corrected chi connectivity index (χ1v) is 29.0. The van der Waals surface area contributed by atoms with Gasteiger partial charge in [0.25, 0.3) is 0 Å². The van der Waals surface area contributed by atoms with Crippen LogP contribution in [0.5, 0.6) is 0 Å². The van der Waals surface area contributed by atoms with E-state index in [-0.39, 0.29) is 0 Å². The molecule has 398 valence electrons. The molecule has 6 heteroatoms. The number of nitrogens with zero attached hydrogens (tertiary/aromatic N) is 6. The van der Waals surface area contributed by atoms with Crippen LogP contribution in [0.4, 0.5) is 5.69 Å². The molecule has 0 bridgehead atoms. The summed E-state index contributed by atoms with van der Waals surface area (Å²) < 4.78 is 9.23. The summed E-state index contributed by atoms with van der Waals surface area (Å²) >= 11 is 0. The summed E-state index contributed by atoms with van der Waals surface area (Å²) in [4.78, 5) is 4.86. The Morgan fingerprint density at radius 2 is 0.500 bits per heavy atom. The van der Waals surface area contributed by atoms with Crippen molar-refractivity contribution in [2.24, 2.45) is 0 Å². The molecule has 0 aliphatic carbocycles. The molecule has 17 aromatic rings. The quantitative estimate of drug-likeness (QED) is 0.140. The third-order valence-electron chi connectivity index (χ3n) is 17.6. The van der Waals surface area contributed by atoms with Crippen LogP contribution in [0, 0.1) is 17.9 Å². The van der Waals surface area contributed by atoms with E-state index in [1.165, 1.54) is 0 Å². The number of rotatable bonds is 8. The van der Waals surface area contributed by atoms with Gasteiger partial charge in [0.05, 0.1) is 79.0 Å². The van der Waals surface area contributed by atoms with E-state index in [2.05, 4.69) is 309 Å². The first-order valence-electron chi connectivity index (χ1n) is 29.0. The number of hydrogen-bond donors (Lipinski definition) is 0. The molecule has 17 rings (SSSR count). The van der Waals surface area contributed by atoms with E-state index < -0.39 is 0 Å². The standard InChI is InChI=1S/C80H48N6/c1-82-76-77(83-68-34-18-14-30-59(68)63-46-55(38-42-72(63)83)51-22-6-2-7-23-51)67(50-81)78(84-69-35-19-15-31-60(69)64-47-56(39-43-73(64)84)52-24-8-3-9-25-52)80(86-71-37-21-17-33-62(71)66-49-58(41-45-75(66)86)54-28-12-5-13-29-54)79(76)85-70-36-20-16-32-61(70)65-48-57(40-44-74(65)85)53-26-10-4-11-27-53/h2-49H. The van der Waals surface area contributed by atoms with Gasteiger partial charge in [-0.2, -0.15) is 5.26 Å². The summed E-state index contributed by atoms with van der Waals surface area (Å²) in [5.41, 5.74) is 19.3. The number of nitriles is 1. The topological polar surface area (TPSA) is 47.9 Å². The molecule has 0 fully saturated rings. The van der Waals surface area contributed by atoms with Crippen molar-refractivity contribution < 1.29 is 0 Å². The highest BCUT2D eigenvalue weighted by Crippen LogP contribution is 2.52. The minimum Gasteiger partial charge on any atom is -0.318 e.